The average molecular weight is 390 g/mol. The van der Waals surface area contributed by atoms with Gasteiger partial charge in [-0.25, -0.2) is 0 Å². The molecular formula is C21H27O3PS. The highest BCUT2D eigenvalue weighted by atomic mass is 32.5. The Morgan fingerprint density at radius 1 is 0.808 bits per heavy atom. The molecule has 0 amide bonds. The van der Waals surface area contributed by atoms with E-state index >= 15 is 0 Å². The molecule has 2 aromatic rings. The molecule has 0 aromatic heterocycles. The Hall–Kier alpha value is -1.51. The molecule has 0 atom stereocenters. The maximum atomic E-state index is 6.07. The van der Waals surface area contributed by atoms with Crippen LogP contribution in [-0.4, -0.2) is 0 Å². The molecule has 0 spiro atoms. The Labute approximate surface area is 161 Å². The standard InChI is InChI=1S/C21H27O3PS/c1-2-3-4-5-6-7-8-13-18-14-9-10-15-19(18)22-25(26)23-20-16-11-12-17-21(20)24-25/h9-12,14-17H,2-8,13H2,1H3. The van der Waals surface area contributed by atoms with Crippen molar-refractivity contribution in [2.75, 3.05) is 0 Å². The molecule has 0 aliphatic carbocycles. The lowest BCUT2D eigenvalue weighted by Crippen LogP contribution is -2.02. The third-order valence-corrected chi connectivity index (χ3v) is 6.43. The zero-order chi connectivity index (χ0) is 18.2. The van der Waals surface area contributed by atoms with Crippen LogP contribution in [0.1, 0.15) is 57.4 Å². The van der Waals surface area contributed by atoms with Gasteiger partial charge in [0.15, 0.2) is 11.5 Å². The van der Waals surface area contributed by atoms with Gasteiger partial charge in [0.1, 0.15) is 5.75 Å². The van der Waals surface area contributed by atoms with Crippen molar-refractivity contribution in [2.24, 2.45) is 0 Å². The highest BCUT2D eigenvalue weighted by Crippen LogP contribution is 2.59. The van der Waals surface area contributed by atoms with Gasteiger partial charge >= 0.3 is 6.72 Å². The van der Waals surface area contributed by atoms with Crippen LogP contribution in [0, 0.1) is 0 Å². The molecule has 0 radical (unpaired) electrons. The minimum Gasteiger partial charge on any atom is -0.407 e. The summed E-state index contributed by atoms with van der Waals surface area (Å²) in [5.41, 5.74) is 1.17. The summed E-state index contributed by atoms with van der Waals surface area (Å²) in [5.74, 6) is 2.12. The SMILES string of the molecule is CCCCCCCCCc1ccccc1OP1(=S)Oc2ccccc2O1. The summed E-state index contributed by atoms with van der Waals surface area (Å²) in [6.45, 7) is -0.573. The van der Waals surface area contributed by atoms with Gasteiger partial charge < -0.3 is 13.6 Å². The Balaban J connectivity index is 1.54. The maximum absolute atomic E-state index is 6.07. The zero-order valence-electron chi connectivity index (χ0n) is 15.4. The first-order chi connectivity index (χ1) is 12.7. The summed E-state index contributed by atoms with van der Waals surface area (Å²) in [6, 6.07) is 15.6. The highest BCUT2D eigenvalue weighted by Gasteiger charge is 2.35. The van der Waals surface area contributed by atoms with Gasteiger partial charge in [0, 0.05) is 11.8 Å². The molecular weight excluding hydrogens is 363 g/mol. The van der Waals surface area contributed by atoms with Crippen molar-refractivity contribution in [2.45, 2.75) is 58.3 Å². The third-order valence-electron chi connectivity index (χ3n) is 4.50. The van der Waals surface area contributed by atoms with Gasteiger partial charge in [-0.05, 0) is 36.6 Å². The molecule has 140 valence electrons. The van der Waals surface area contributed by atoms with E-state index in [4.69, 9.17) is 25.4 Å². The number of fused-ring (bicyclic) bond motifs is 1. The summed E-state index contributed by atoms with van der Waals surface area (Å²) >= 11 is 5.55. The lowest BCUT2D eigenvalue weighted by atomic mass is 10.0. The van der Waals surface area contributed by atoms with Crippen LogP contribution in [0.25, 0.3) is 0 Å². The predicted octanol–water partition coefficient (Wildman–Crippen LogP) is 7.05. The van der Waals surface area contributed by atoms with E-state index in [0.29, 0.717) is 11.5 Å². The van der Waals surface area contributed by atoms with Gasteiger partial charge in [0.05, 0.1) is 0 Å². The molecule has 1 heterocycles. The third kappa shape index (κ3) is 5.25. The first-order valence-electron chi connectivity index (χ1n) is 9.56. The van der Waals surface area contributed by atoms with Crippen LogP contribution in [-0.2, 0) is 18.2 Å². The van der Waals surface area contributed by atoms with Crippen molar-refractivity contribution in [3.8, 4) is 17.2 Å². The second-order valence-electron chi connectivity index (χ2n) is 6.65. The number of hydrogen-bond acceptors (Lipinski definition) is 4. The number of benzene rings is 2. The smallest absolute Gasteiger partial charge is 0.407 e. The Bertz CT molecular complexity index is 733. The zero-order valence-corrected chi connectivity index (χ0v) is 17.1. The van der Waals surface area contributed by atoms with Crippen LogP contribution in [0.3, 0.4) is 0 Å². The van der Waals surface area contributed by atoms with Gasteiger partial charge in [0.2, 0.25) is 0 Å². The second-order valence-corrected chi connectivity index (χ2v) is 9.43. The number of aryl methyl sites for hydroxylation is 1. The van der Waals surface area contributed by atoms with Gasteiger partial charge in [-0.2, -0.15) is 0 Å². The van der Waals surface area contributed by atoms with Crippen molar-refractivity contribution in [1.29, 1.82) is 0 Å². The molecule has 0 saturated carbocycles. The van der Waals surface area contributed by atoms with Crippen molar-refractivity contribution in [1.82, 2.24) is 0 Å². The Morgan fingerprint density at radius 2 is 1.38 bits per heavy atom. The number of para-hydroxylation sites is 3. The minimum absolute atomic E-state index is 0.667. The van der Waals surface area contributed by atoms with Gasteiger partial charge in [-0.3, -0.25) is 0 Å². The van der Waals surface area contributed by atoms with E-state index in [1.54, 1.807) is 0 Å². The van der Waals surface area contributed by atoms with Gasteiger partial charge in [0.25, 0.3) is 0 Å². The number of unbranched alkanes of at least 4 members (excludes halogenated alkanes) is 6. The highest BCUT2D eigenvalue weighted by molar-refractivity contribution is 8.08. The summed E-state index contributed by atoms with van der Waals surface area (Å²) < 4.78 is 17.7. The topological polar surface area (TPSA) is 27.7 Å². The molecule has 1 aliphatic heterocycles. The summed E-state index contributed by atoms with van der Waals surface area (Å²) in [7, 11) is 0. The van der Waals surface area contributed by atoms with Crippen molar-refractivity contribution in [3.05, 3.63) is 54.1 Å². The fourth-order valence-electron chi connectivity index (χ4n) is 3.09. The lowest BCUT2D eigenvalue weighted by Gasteiger charge is -2.17. The monoisotopic (exact) mass is 390 g/mol. The van der Waals surface area contributed by atoms with Crippen LogP contribution in [0.4, 0.5) is 0 Å². The van der Waals surface area contributed by atoms with E-state index in [1.165, 1.54) is 44.1 Å². The molecule has 0 N–H and O–H groups in total. The second kappa shape index (κ2) is 9.43. The quantitative estimate of drug-likeness (QED) is 0.321. The van der Waals surface area contributed by atoms with Crippen molar-refractivity contribution >= 4 is 18.5 Å². The van der Waals surface area contributed by atoms with E-state index in [2.05, 4.69) is 13.0 Å². The van der Waals surface area contributed by atoms with Crippen molar-refractivity contribution in [3.63, 3.8) is 0 Å². The molecule has 2 aromatic carbocycles. The van der Waals surface area contributed by atoms with Crippen LogP contribution < -0.4 is 13.6 Å². The number of hydrogen-bond donors (Lipinski definition) is 0. The molecule has 5 heteroatoms. The van der Waals surface area contributed by atoms with Crippen molar-refractivity contribution < 1.29 is 13.6 Å². The summed E-state index contributed by atoms with van der Waals surface area (Å²) in [5, 5.41) is 0. The number of rotatable bonds is 10. The first-order valence-corrected chi connectivity index (χ1v) is 12.1. The minimum atomic E-state index is -2.82. The normalized spacial score (nSPS) is 14.3. The van der Waals surface area contributed by atoms with E-state index in [9.17, 15) is 0 Å². The Morgan fingerprint density at radius 3 is 2.08 bits per heavy atom. The van der Waals surface area contributed by atoms with Crippen LogP contribution in [0.5, 0.6) is 17.2 Å². The van der Waals surface area contributed by atoms with Crippen LogP contribution >= 0.6 is 6.72 Å². The summed E-state index contributed by atoms with van der Waals surface area (Å²) in [6.07, 6.45) is 10.1. The molecule has 3 rings (SSSR count). The van der Waals surface area contributed by atoms with E-state index < -0.39 is 6.72 Å². The maximum Gasteiger partial charge on any atom is 0.490 e. The Kier molecular flexibility index (Phi) is 6.99. The molecule has 26 heavy (non-hydrogen) atoms. The molecule has 0 saturated heterocycles. The van der Waals surface area contributed by atoms with Crippen LogP contribution in [0.2, 0.25) is 0 Å². The average Bonchev–Trinajstić information content (AvgIpc) is 2.98. The van der Waals surface area contributed by atoms with Gasteiger partial charge in [-0.15, -0.1) is 0 Å². The largest absolute Gasteiger partial charge is 0.490 e. The van der Waals surface area contributed by atoms with E-state index in [-0.39, 0.29) is 0 Å². The molecule has 0 fully saturated rings. The first kappa shape index (κ1) is 19.3. The molecule has 0 unspecified atom stereocenters. The fourth-order valence-corrected chi connectivity index (χ4v) is 5.13. The summed E-state index contributed by atoms with van der Waals surface area (Å²) in [4.78, 5) is 0. The van der Waals surface area contributed by atoms with E-state index in [0.717, 1.165) is 18.6 Å². The molecule has 1 aliphatic rings. The lowest BCUT2D eigenvalue weighted by molar-refractivity contribution is 0.428. The predicted molar refractivity (Wildman–Crippen MR) is 111 cm³/mol. The van der Waals surface area contributed by atoms with E-state index in [1.807, 2.05) is 42.5 Å². The molecule has 0 bridgehead atoms. The fraction of sp³-hybridized carbons (Fsp3) is 0.429. The molecule has 3 nitrogen and oxygen atoms in total. The van der Waals surface area contributed by atoms with Gasteiger partial charge in [-0.1, -0.05) is 75.8 Å². The van der Waals surface area contributed by atoms with Crippen LogP contribution in [0.15, 0.2) is 48.5 Å².